The summed E-state index contributed by atoms with van der Waals surface area (Å²) in [4.78, 5) is 18.1. The van der Waals surface area contributed by atoms with E-state index in [0.717, 1.165) is 10.7 Å². The summed E-state index contributed by atoms with van der Waals surface area (Å²) in [7, 11) is 1.77. The average Bonchev–Trinajstić information content (AvgIpc) is 2.60. The van der Waals surface area contributed by atoms with Gasteiger partial charge in [0.1, 0.15) is 0 Å². The van der Waals surface area contributed by atoms with Crippen LogP contribution < -0.4 is 5.73 Å². The number of hydrogen-bond donors (Lipinski definition) is 1. The van der Waals surface area contributed by atoms with Gasteiger partial charge in [-0.25, -0.2) is 4.98 Å². The van der Waals surface area contributed by atoms with E-state index in [1.165, 1.54) is 0 Å². The van der Waals surface area contributed by atoms with E-state index in [1.807, 2.05) is 33.1 Å². The maximum absolute atomic E-state index is 12.1. The highest BCUT2D eigenvalue weighted by Gasteiger charge is 2.29. The molecule has 0 spiro atoms. The smallest absolute Gasteiger partial charge is 0.240 e. The topological polar surface area (TPSA) is 59.2 Å². The van der Waals surface area contributed by atoms with Crippen molar-refractivity contribution in [3.63, 3.8) is 0 Å². The molecule has 1 atom stereocenters. The van der Waals surface area contributed by atoms with Crippen LogP contribution in [0.2, 0.25) is 0 Å². The third kappa shape index (κ3) is 3.78. The fourth-order valence-electron chi connectivity index (χ4n) is 1.41. The quantitative estimate of drug-likeness (QED) is 0.895. The Morgan fingerprint density at radius 1 is 1.59 bits per heavy atom. The van der Waals surface area contributed by atoms with E-state index >= 15 is 0 Å². The van der Waals surface area contributed by atoms with Crippen molar-refractivity contribution in [3.8, 4) is 0 Å². The summed E-state index contributed by atoms with van der Waals surface area (Å²) < 4.78 is 0. The van der Waals surface area contributed by atoms with Crippen LogP contribution in [0.25, 0.3) is 0 Å². The molecule has 2 N–H and O–H groups in total. The zero-order valence-corrected chi connectivity index (χ0v) is 12.0. The summed E-state index contributed by atoms with van der Waals surface area (Å²) in [5, 5.41) is 2.99. The van der Waals surface area contributed by atoms with Crippen LogP contribution >= 0.6 is 11.3 Å². The number of aromatic nitrogens is 1. The molecule has 0 saturated carbocycles. The Labute approximate surface area is 107 Å². The van der Waals surface area contributed by atoms with Gasteiger partial charge in [0.05, 0.1) is 23.3 Å². The van der Waals surface area contributed by atoms with Crippen molar-refractivity contribution in [3.05, 3.63) is 16.1 Å². The number of thiazole rings is 1. The van der Waals surface area contributed by atoms with Gasteiger partial charge in [-0.05, 0) is 12.3 Å². The third-order valence-corrected chi connectivity index (χ3v) is 3.46. The van der Waals surface area contributed by atoms with Crippen LogP contribution in [-0.2, 0) is 11.3 Å². The van der Waals surface area contributed by atoms with Gasteiger partial charge in [-0.15, -0.1) is 11.3 Å². The Hall–Kier alpha value is -0.940. The Morgan fingerprint density at radius 3 is 2.59 bits per heavy atom. The molecule has 0 aliphatic carbocycles. The molecule has 1 aromatic heterocycles. The lowest BCUT2D eigenvalue weighted by molar-refractivity contribution is -0.134. The van der Waals surface area contributed by atoms with Crippen LogP contribution in [-0.4, -0.2) is 28.9 Å². The lowest BCUT2D eigenvalue weighted by Gasteiger charge is -2.29. The van der Waals surface area contributed by atoms with Crippen LogP contribution in [0.3, 0.4) is 0 Å². The molecule has 0 aliphatic rings. The highest BCUT2D eigenvalue weighted by atomic mass is 32.1. The summed E-state index contributed by atoms with van der Waals surface area (Å²) in [5.41, 5.74) is 6.65. The van der Waals surface area contributed by atoms with Crippen molar-refractivity contribution < 1.29 is 4.79 Å². The molecule has 0 aromatic carbocycles. The van der Waals surface area contributed by atoms with Gasteiger partial charge in [0.15, 0.2) is 0 Å². The maximum atomic E-state index is 12.1. The molecule has 4 nitrogen and oxygen atoms in total. The molecule has 0 bridgehead atoms. The first-order valence-electron chi connectivity index (χ1n) is 5.63. The number of amides is 1. The maximum Gasteiger partial charge on any atom is 0.240 e. The fourth-order valence-corrected chi connectivity index (χ4v) is 2.01. The summed E-state index contributed by atoms with van der Waals surface area (Å²) in [6.45, 7) is 8.38. The average molecular weight is 255 g/mol. The molecule has 96 valence electrons. The normalized spacial score (nSPS) is 13.5. The number of carbonyl (C=O) groups is 1. The molecular formula is C12H21N3OS. The Balaban J connectivity index is 2.65. The minimum absolute atomic E-state index is 0.0387. The molecule has 17 heavy (non-hydrogen) atoms. The van der Waals surface area contributed by atoms with Crippen molar-refractivity contribution in [2.24, 2.45) is 11.1 Å². The predicted octanol–water partition coefficient (Wildman–Crippen LogP) is 1.78. The number of likely N-dealkylation sites (N-methyl/N-ethyl adjacent to an activating group) is 1. The molecule has 1 amide bonds. The second kappa shape index (κ2) is 5.14. The second-order valence-electron chi connectivity index (χ2n) is 5.40. The zero-order valence-electron chi connectivity index (χ0n) is 11.2. The molecular weight excluding hydrogens is 234 g/mol. The minimum atomic E-state index is -0.479. The van der Waals surface area contributed by atoms with Crippen LogP contribution in [0.15, 0.2) is 5.38 Å². The summed E-state index contributed by atoms with van der Waals surface area (Å²) >= 11 is 1.59. The largest absolute Gasteiger partial charge is 0.338 e. The van der Waals surface area contributed by atoms with E-state index in [0.29, 0.717) is 6.54 Å². The van der Waals surface area contributed by atoms with Crippen LogP contribution in [0.1, 0.15) is 31.5 Å². The van der Waals surface area contributed by atoms with E-state index in [-0.39, 0.29) is 11.3 Å². The number of aryl methyl sites for hydroxylation is 1. The van der Waals surface area contributed by atoms with Gasteiger partial charge in [0, 0.05) is 12.4 Å². The molecule has 5 heteroatoms. The van der Waals surface area contributed by atoms with E-state index in [4.69, 9.17) is 5.73 Å². The van der Waals surface area contributed by atoms with Crippen molar-refractivity contribution in [2.75, 3.05) is 7.05 Å². The highest BCUT2D eigenvalue weighted by molar-refractivity contribution is 7.09. The monoisotopic (exact) mass is 255 g/mol. The van der Waals surface area contributed by atoms with Crippen molar-refractivity contribution in [1.29, 1.82) is 0 Å². The van der Waals surface area contributed by atoms with Gasteiger partial charge in [0.2, 0.25) is 5.91 Å². The van der Waals surface area contributed by atoms with Crippen molar-refractivity contribution >= 4 is 17.2 Å². The lowest BCUT2D eigenvalue weighted by atomic mass is 9.86. The lowest BCUT2D eigenvalue weighted by Crippen LogP contribution is -2.48. The van der Waals surface area contributed by atoms with E-state index in [1.54, 1.807) is 23.3 Å². The molecule has 1 rings (SSSR count). The number of rotatable bonds is 3. The first-order chi connectivity index (χ1) is 7.71. The van der Waals surface area contributed by atoms with Gasteiger partial charge in [-0.2, -0.15) is 0 Å². The van der Waals surface area contributed by atoms with Crippen molar-refractivity contribution in [1.82, 2.24) is 9.88 Å². The fraction of sp³-hybridized carbons (Fsp3) is 0.667. The zero-order chi connectivity index (χ0) is 13.2. The summed E-state index contributed by atoms with van der Waals surface area (Å²) in [5.74, 6) is -0.0387. The number of carbonyl (C=O) groups excluding carboxylic acids is 1. The van der Waals surface area contributed by atoms with Gasteiger partial charge < -0.3 is 10.6 Å². The Kier molecular flexibility index (Phi) is 4.27. The van der Waals surface area contributed by atoms with E-state index < -0.39 is 6.04 Å². The van der Waals surface area contributed by atoms with Gasteiger partial charge >= 0.3 is 0 Å². The van der Waals surface area contributed by atoms with Gasteiger partial charge in [-0.3, -0.25) is 4.79 Å². The van der Waals surface area contributed by atoms with E-state index in [2.05, 4.69) is 4.98 Å². The molecule has 0 aliphatic heterocycles. The molecule has 0 unspecified atom stereocenters. The molecule has 0 fully saturated rings. The Bertz CT molecular complexity index is 395. The molecule has 0 radical (unpaired) electrons. The number of nitrogens with two attached hydrogens (primary N) is 1. The molecule has 0 saturated heterocycles. The second-order valence-corrected chi connectivity index (χ2v) is 6.46. The van der Waals surface area contributed by atoms with Crippen LogP contribution in [0, 0.1) is 12.3 Å². The first kappa shape index (κ1) is 14.1. The van der Waals surface area contributed by atoms with Crippen LogP contribution in [0.4, 0.5) is 0 Å². The first-order valence-corrected chi connectivity index (χ1v) is 6.51. The predicted molar refractivity (Wildman–Crippen MR) is 70.8 cm³/mol. The minimum Gasteiger partial charge on any atom is -0.338 e. The third-order valence-electron chi connectivity index (χ3n) is 2.64. The summed E-state index contributed by atoms with van der Waals surface area (Å²) in [6, 6.07) is -0.479. The van der Waals surface area contributed by atoms with Crippen LogP contribution in [0.5, 0.6) is 0 Å². The standard InChI is InChI=1S/C12H21N3OS/c1-8-14-9(7-17-8)6-15(5)11(16)10(13)12(2,3)4/h7,10H,6,13H2,1-5H3/t10-/m1/s1. The SMILES string of the molecule is Cc1nc(CN(C)C(=O)[C@@H](N)C(C)(C)C)cs1. The highest BCUT2D eigenvalue weighted by Crippen LogP contribution is 2.19. The summed E-state index contributed by atoms with van der Waals surface area (Å²) in [6.07, 6.45) is 0. The van der Waals surface area contributed by atoms with Crippen molar-refractivity contribution in [2.45, 2.75) is 40.3 Å². The number of nitrogens with zero attached hydrogens (tertiary/aromatic N) is 2. The van der Waals surface area contributed by atoms with E-state index in [9.17, 15) is 4.79 Å². The Morgan fingerprint density at radius 2 is 2.18 bits per heavy atom. The number of hydrogen-bond acceptors (Lipinski definition) is 4. The molecule has 1 aromatic rings. The van der Waals surface area contributed by atoms with Gasteiger partial charge in [0.25, 0.3) is 0 Å². The van der Waals surface area contributed by atoms with Gasteiger partial charge in [-0.1, -0.05) is 20.8 Å². The molecule has 1 heterocycles.